The van der Waals surface area contributed by atoms with Gasteiger partial charge in [-0.1, -0.05) is 73.1 Å². The average Bonchev–Trinajstić information content (AvgIpc) is 4.03. The van der Waals surface area contributed by atoms with Gasteiger partial charge < -0.3 is 44.1 Å². The second-order valence-electron chi connectivity index (χ2n) is 11.1. The maximum Gasteiger partial charge on any atom is 0.104 e. The summed E-state index contributed by atoms with van der Waals surface area (Å²) < 4.78 is 25.6. The SMILES string of the molecule is C=CCC(O)CC.C=CCOC(CC)CC=C.CCC(CCO)OCCO.CCC1CO1.CCCOC(CC)CCC.OCC1CO1. The van der Waals surface area contributed by atoms with Crippen LogP contribution in [0.4, 0.5) is 0 Å². The zero-order valence-electron chi connectivity index (χ0n) is 31.6. The Labute approximate surface area is 290 Å². The first-order valence-corrected chi connectivity index (χ1v) is 18.1. The van der Waals surface area contributed by atoms with Crippen LogP contribution in [0.3, 0.4) is 0 Å². The van der Waals surface area contributed by atoms with Gasteiger partial charge >= 0.3 is 0 Å². The third-order valence-electron chi connectivity index (χ3n) is 6.68. The van der Waals surface area contributed by atoms with Crippen LogP contribution in [-0.4, -0.2) is 110 Å². The Morgan fingerprint density at radius 1 is 0.638 bits per heavy atom. The fraction of sp³-hybridized carbons (Fsp3) is 0.842. The van der Waals surface area contributed by atoms with Crippen molar-refractivity contribution in [2.45, 2.75) is 156 Å². The van der Waals surface area contributed by atoms with E-state index in [9.17, 15) is 0 Å². The van der Waals surface area contributed by atoms with Crippen LogP contribution in [0.5, 0.6) is 0 Å². The van der Waals surface area contributed by atoms with E-state index in [1.54, 1.807) is 12.2 Å². The summed E-state index contributed by atoms with van der Waals surface area (Å²) in [5, 5.41) is 33.8. The lowest BCUT2D eigenvalue weighted by Crippen LogP contribution is -2.15. The van der Waals surface area contributed by atoms with Crippen molar-refractivity contribution in [3.63, 3.8) is 0 Å². The summed E-state index contributed by atoms with van der Waals surface area (Å²) in [5.74, 6) is 0. The minimum atomic E-state index is -0.169. The molecule has 2 aliphatic heterocycles. The third kappa shape index (κ3) is 49.4. The Kier molecular flexibility index (Phi) is 50.3. The molecule has 0 aromatic heterocycles. The number of ether oxygens (including phenoxy) is 5. The molecule has 0 amide bonds. The molecule has 6 atom stereocenters. The van der Waals surface area contributed by atoms with Crippen molar-refractivity contribution in [3.8, 4) is 0 Å². The van der Waals surface area contributed by atoms with Gasteiger partial charge in [0.15, 0.2) is 0 Å². The highest BCUT2D eigenvalue weighted by atomic mass is 16.6. The molecule has 0 aromatic rings. The lowest BCUT2D eigenvalue weighted by Gasteiger charge is -2.13. The molecule has 0 aliphatic carbocycles. The first-order chi connectivity index (χ1) is 22.7. The van der Waals surface area contributed by atoms with Crippen LogP contribution < -0.4 is 0 Å². The monoisotopic (exact) mass is 679 g/mol. The summed E-state index contributed by atoms with van der Waals surface area (Å²) in [6.45, 7) is 29.6. The van der Waals surface area contributed by atoms with E-state index < -0.39 is 0 Å². The van der Waals surface area contributed by atoms with Crippen molar-refractivity contribution in [1.82, 2.24) is 0 Å². The number of aliphatic hydroxyl groups excluding tert-OH is 4. The molecule has 2 aliphatic rings. The molecule has 0 bridgehead atoms. The summed E-state index contributed by atoms with van der Waals surface area (Å²) in [6, 6.07) is 0. The maximum atomic E-state index is 8.79. The Bertz CT molecular complexity index is 568. The molecule has 47 heavy (non-hydrogen) atoms. The van der Waals surface area contributed by atoms with E-state index >= 15 is 0 Å². The molecule has 2 saturated heterocycles. The van der Waals surface area contributed by atoms with Gasteiger partial charge in [-0.15, -0.1) is 19.7 Å². The van der Waals surface area contributed by atoms with E-state index in [0.717, 1.165) is 64.8 Å². The molecule has 2 fully saturated rings. The fourth-order valence-corrected chi connectivity index (χ4v) is 3.36. The smallest absolute Gasteiger partial charge is 0.104 e. The lowest BCUT2D eigenvalue weighted by atomic mass is 10.2. The second-order valence-corrected chi connectivity index (χ2v) is 11.1. The molecule has 0 spiro atoms. The first kappa shape index (κ1) is 52.7. The van der Waals surface area contributed by atoms with E-state index in [1.165, 1.54) is 19.3 Å². The van der Waals surface area contributed by atoms with Gasteiger partial charge in [0.1, 0.15) is 6.10 Å². The molecule has 0 saturated carbocycles. The van der Waals surface area contributed by atoms with Crippen LogP contribution in [0.1, 0.15) is 119 Å². The molecule has 0 radical (unpaired) electrons. The standard InChI is InChI=1S/C9H20O.C9H16O.C7H16O3.C6H12O.C4H8O.C3H6O2/c2*1-4-7-9(6-3)10-8-5-2;1-2-7(3-4-8)10-6-5-9;1-3-5-6(7)4-2;1-2-4-3-5-4;4-1-3-2-5-3/h9H,4-8H2,1-3H3;4-5,9H,1-2,6-8H2,3H3;7-9H,2-6H2,1H3;3,6-7H,1,4-5H2,2H3;4H,2-3H2,1H3;3-4H,1-2H2. The normalized spacial score (nSPS) is 17.7. The molecular formula is C38H78O9. The Balaban J connectivity index is -0.000000240. The Morgan fingerprint density at radius 2 is 1.17 bits per heavy atom. The van der Waals surface area contributed by atoms with E-state index in [2.05, 4.69) is 59.1 Å². The topological polar surface area (TPSA) is 134 Å². The van der Waals surface area contributed by atoms with Gasteiger partial charge in [0.05, 0.1) is 70.2 Å². The molecule has 6 unspecified atom stereocenters. The van der Waals surface area contributed by atoms with Crippen LogP contribution in [0, 0.1) is 0 Å². The molecule has 284 valence electrons. The number of epoxide rings is 2. The fourth-order valence-electron chi connectivity index (χ4n) is 3.36. The van der Waals surface area contributed by atoms with Gasteiger partial charge in [0, 0.05) is 13.2 Å². The predicted octanol–water partition coefficient (Wildman–Crippen LogP) is 7.20. The number of hydrogen-bond donors (Lipinski definition) is 4. The summed E-state index contributed by atoms with van der Waals surface area (Å²) in [7, 11) is 0. The predicted molar refractivity (Wildman–Crippen MR) is 197 cm³/mol. The largest absolute Gasteiger partial charge is 0.396 e. The number of rotatable bonds is 23. The van der Waals surface area contributed by atoms with Gasteiger partial charge in [0.2, 0.25) is 0 Å². The lowest BCUT2D eigenvalue weighted by molar-refractivity contribution is 0.0134. The Hall–Kier alpha value is -1.14. The molecule has 2 rings (SSSR count). The minimum Gasteiger partial charge on any atom is -0.396 e. The summed E-state index contributed by atoms with van der Waals surface area (Å²) in [4.78, 5) is 0. The highest BCUT2D eigenvalue weighted by Gasteiger charge is 2.19. The molecule has 9 nitrogen and oxygen atoms in total. The van der Waals surface area contributed by atoms with Gasteiger partial charge in [0.25, 0.3) is 0 Å². The van der Waals surface area contributed by atoms with E-state index in [1.807, 2.05) is 19.9 Å². The minimum absolute atomic E-state index is 0.0575. The quantitative estimate of drug-likeness (QED) is 0.0654. The van der Waals surface area contributed by atoms with E-state index in [0.29, 0.717) is 37.9 Å². The van der Waals surface area contributed by atoms with Crippen LogP contribution in [-0.2, 0) is 23.7 Å². The zero-order chi connectivity index (χ0) is 36.6. The number of aliphatic hydroxyl groups is 4. The van der Waals surface area contributed by atoms with Gasteiger partial charge in [-0.25, -0.2) is 0 Å². The first-order valence-electron chi connectivity index (χ1n) is 18.1. The second kappa shape index (κ2) is 44.9. The molecule has 2 heterocycles. The van der Waals surface area contributed by atoms with Crippen molar-refractivity contribution in [1.29, 1.82) is 0 Å². The van der Waals surface area contributed by atoms with Gasteiger partial charge in [-0.3, -0.25) is 0 Å². The van der Waals surface area contributed by atoms with Crippen molar-refractivity contribution in [3.05, 3.63) is 38.0 Å². The van der Waals surface area contributed by atoms with Crippen LogP contribution in [0.2, 0.25) is 0 Å². The van der Waals surface area contributed by atoms with Crippen LogP contribution in [0.25, 0.3) is 0 Å². The molecule has 9 heteroatoms. The van der Waals surface area contributed by atoms with E-state index in [-0.39, 0.29) is 38.1 Å². The summed E-state index contributed by atoms with van der Waals surface area (Å²) >= 11 is 0. The molecule has 0 aromatic carbocycles. The van der Waals surface area contributed by atoms with Crippen molar-refractivity contribution in [2.75, 3.05) is 52.9 Å². The summed E-state index contributed by atoms with van der Waals surface area (Å²) in [6.07, 6.45) is 18.0. The Morgan fingerprint density at radius 3 is 1.45 bits per heavy atom. The van der Waals surface area contributed by atoms with Crippen molar-refractivity contribution in [2.24, 2.45) is 0 Å². The van der Waals surface area contributed by atoms with E-state index in [4.69, 9.17) is 39.4 Å². The van der Waals surface area contributed by atoms with Crippen molar-refractivity contribution >= 4 is 0 Å². The maximum absolute atomic E-state index is 8.79. The zero-order valence-corrected chi connectivity index (χ0v) is 31.6. The van der Waals surface area contributed by atoms with Crippen LogP contribution >= 0.6 is 0 Å². The average molecular weight is 679 g/mol. The highest BCUT2D eigenvalue weighted by molar-refractivity contribution is 4.74. The van der Waals surface area contributed by atoms with Crippen molar-refractivity contribution < 1.29 is 44.1 Å². The molecule has 4 N–H and O–H groups in total. The molecular weight excluding hydrogens is 600 g/mol. The highest BCUT2D eigenvalue weighted by Crippen LogP contribution is 2.11. The van der Waals surface area contributed by atoms with Crippen LogP contribution in [0.15, 0.2) is 38.0 Å². The number of hydrogen-bond acceptors (Lipinski definition) is 9. The van der Waals surface area contributed by atoms with Gasteiger partial charge in [-0.05, 0) is 64.2 Å². The summed E-state index contributed by atoms with van der Waals surface area (Å²) in [5.41, 5.74) is 0. The third-order valence-corrected chi connectivity index (χ3v) is 6.68. The van der Waals surface area contributed by atoms with Gasteiger partial charge in [-0.2, -0.15) is 0 Å².